The monoisotopic (exact) mass is 184 g/mol. The summed E-state index contributed by atoms with van der Waals surface area (Å²) in [4.78, 5) is 10.3. The first-order chi connectivity index (χ1) is 6.02. The van der Waals surface area contributed by atoms with Crippen molar-refractivity contribution in [3.05, 3.63) is 12.2 Å². The van der Waals surface area contributed by atoms with Crippen LogP contribution in [0.25, 0.3) is 0 Å². The van der Waals surface area contributed by atoms with Crippen LogP contribution < -0.4 is 0 Å². The fourth-order valence-electron chi connectivity index (χ4n) is 1.53. The molecule has 74 valence electrons. The van der Waals surface area contributed by atoms with Crippen molar-refractivity contribution in [1.29, 1.82) is 0 Å². The summed E-state index contributed by atoms with van der Waals surface area (Å²) >= 11 is 0. The minimum Gasteiger partial charge on any atom is -0.481 e. The lowest BCUT2D eigenvalue weighted by Crippen LogP contribution is -2.30. The van der Waals surface area contributed by atoms with Gasteiger partial charge in [-0.1, -0.05) is 19.1 Å². The maximum atomic E-state index is 10.3. The number of hydrogen-bond donors (Lipinski definition) is 2. The van der Waals surface area contributed by atoms with E-state index in [1.54, 1.807) is 6.08 Å². The van der Waals surface area contributed by atoms with Crippen LogP contribution in [0.2, 0.25) is 0 Å². The average molecular weight is 184 g/mol. The Balaban J connectivity index is 2.47. The molecular formula is C10H16O3. The molecule has 1 aliphatic carbocycles. The molecule has 0 aromatic heterocycles. The second-order valence-electron chi connectivity index (χ2n) is 3.87. The fourth-order valence-corrected chi connectivity index (χ4v) is 1.53. The zero-order valence-corrected chi connectivity index (χ0v) is 7.86. The zero-order chi connectivity index (χ0) is 9.90. The van der Waals surface area contributed by atoms with Crippen LogP contribution in [0.1, 0.15) is 32.6 Å². The Hall–Kier alpha value is -0.830. The Labute approximate surface area is 78.1 Å². The maximum absolute atomic E-state index is 10.3. The summed E-state index contributed by atoms with van der Waals surface area (Å²) in [5, 5.41) is 18.4. The van der Waals surface area contributed by atoms with Crippen LogP contribution in [0.5, 0.6) is 0 Å². The Morgan fingerprint density at radius 3 is 2.85 bits per heavy atom. The number of aliphatic carboxylic acids is 1. The average Bonchev–Trinajstić information content (AvgIpc) is 2.08. The van der Waals surface area contributed by atoms with Crippen LogP contribution in [0.3, 0.4) is 0 Å². The van der Waals surface area contributed by atoms with Crippen LogP contribution in [0.15, 0.2) is 12.2 Å². The van der Waals surface area contributed by atoms with Crippen LogP contribution in [-0.4, -0.2) is 21.8 Å². The molecule has 2 atom stereocenters. The number of rotatable bonds is 3. The van der Waals surface area contributed by atoms with Gasteiger partial charge < -0.3 is 10.2 Å². The number of aliphatic hydroxyl groups is 1. The molecule has 2 N–H and O–H groups in total. The van der Waals surface area contributed by atoms with Gasteiger partial charge in [0, 0.05) is 6.42 Å². The standard InChI is InChI=1S/C10H16O3/c1-8-2-5-10(13,6-3-8)7-4-9(11)12/h2,5,8,13H,3-4,6-7H2,1H3,(H,11,12). The first-order valence-electron chi connectivity index (χ1n) is 4.65. The van der Waals surface area contributed by atoms with Gasteiger partial charge in [0.1, 0.15) is 0 Å². The van der Waals surface area contributed by atoms with E-state index in [2.05, 4.69) is 6.92 Å². The van der Waals surface area contributed by atoms with Crippen molar-refractivity contribution < 1.29 is 15.0 Å². The number of carboxylic acids is 1. The third kappa shape index (κ3) is 3.19. The van der Waals surface area contributed by atoms with Gasteiger partial charge in [0.25, 0.3) is 0 Å². The molecule has 0 saturated carbocycles. The molecule has 3 heteroatoms. The smallest absolute Gasteiger partial charge is 0.303 e. The number of hydrogen-bond acceptors (Lipinski definition) is 2. The Kier molecular flexibility index (Phi) is 3.09. The lowest BCUT2D eigenvalue weighted by Gasteiger charge is -2.29. The summed E-state index contributed by atoms with van der Waals surface area (Å²) in [7, 11) is 0. The highest BCUT2D eigenvalue weighted by molar-refractivity contribution is 5.66. The van der Waals surface area contributed by atoms with E-state index in [4.69, 9.17) is 5.11 Å². The minimum atomic E-state index is -0.870. The van der Waals surface area contributed by atoms with Crippen molar-refractivity contribution in [1.82, 2.24) is 0 Å². The van der Waals surface area contributed by atoms with Crippen molar-refractivity contribution in [2.45, 2.75) is 38.2 Å². The van der Waals surface area contributed by atoms with Gasteiger partial charge >= 0.3 is 5.97 Å². The molecule has 0 fully saturated rings. The molecule has 0 aromatic carbocycles. The third-order valence-electron chi connectivity index (χ3n) is 2.54. The van der Waals surface area contributed by atoms with E-state index in [1.807, 2.05) is 6.08 Å². The number of carbonyl (C=O) groups is 1. The molecular weight excluding hydrogens is 168 g/mol. The molecule has 1 rings (SSSR count). The van der Waals surface area contributed by atoms with Gasteiger partial charge in [0.15, 0.2) is 0 Å². The third-order valence-corrected chi connectivity index (χ3v) is 2.54. The summed E-state index contributed by atoms with van der Waals surface area (Å²) in [6.07, 6.45) is 5.70. The van der Waals surface area contributed by atoms with E-state index in [0.29, 0.717) is 18.8 Å². The molecule has 1 aliphatic rings. The molecule has 0 saturated heterocycles. The van der Waals surface area contributed by atoms with Crippen molar-refractivity contribution in [2.24, 2.45) is 5.92 Å². The SMILES string of the molecule is CC1C=CC(O)(CCC(=O)O)CC1. The highest BCUT2D eigenvalue weighted by Gasteiger charge is 2.27. The Morgan fingerprint density at radius 1 is 1.69 bits per heavy atom. The molecule has 0 spiro atoms. The summed E-state index contributed by atoms with van der Waals surface area (Å²) in [5.41, 5.74) is -0.870. The lowest BCUT2D eigenvalue weighted by molar-refractivity contribution is -0.138. The predicted molar refractivity (Wildman–Crippen MR) is 49.4 cm³/mol. The van der Waals surface area contributed by atoms with Crippen molar-refractivity contribution in [3.8, 4) is 0 Å². The Morgan fingerprint density at radius 2 is 2.38 bits per heavy atom. The van der Waals surface area contributed by atoms with Gasteiger partial charge in [-0.25, -0.2) is 0 Å². The van der Waals surface area contributed by atoms with Crippen molar-refractivity contribution in [2.75, 3.05) is 0 Å². The van der Waals surface area contributed by atoms with Crippen LogP contribution in [0.4, 0.5) is 0 Å². The van der Waals surface area contributed by atoms with Gasteiger partial charge in [0.2, 0.25) is 0 Å². The molecule has 0 radical (unpaired) electrons. The molecule has 2 unspecified atom stereocenters. The first kappa shape index (κ1) is 10.3. The van der Waals surface area contributed by atoms with Gasteiger partial charge in [-0.3, -0.25) is 4.79 Å². The summed E-state index contributed by atoms with van der Waals surface area (Å²) in [5.74, 6) is -0.342. The van der Waals surface area contributed by atoms with Crippen molar-refractivity contribution in [3.63, 3.8) is 0 Å². The van der Waals surface area contributed by atoms with Gasteiger partial charge in [-0.15, -0.1) is 0 Å². The second kappa shape index (κ2) is 3.92. The minimum absolute atomic E-state index is 0.0369. The number of allylic oxidation sites excluding steroid dienone is 1. The molecule has 3 nitrogen and oxygen atoms in total. The Bertz CT molecular complexity index is 222. The van der Waals surface area contributed by atoms with E-state index in [9.17, 15) is 9.90 Å². The summed E-state index contributed by atoms with van der Waals surface area (Å²) in [6, 6.07) is 0. The quantitative estimate of drug-likeness (QED) is 0.654. The summed E-state index contributed by atoms with van der Waals surface area (Å²) < 4.78 is 0. The van der Waals surface area contributed by atoms with E-state index in [0.717, 1.165) is 6.42 Å². The highest BCUT2D eigenvalue weighted by atomic mass is 16.4. The normalized spacial score (nSPS) is 33.2. The molecule has 13 heavy (non-hydrogen) atoms. The van der Waals surface area contributed by atoms with E-state index < -0.39 is 11.6 Å². The topological polar surface area (TPSA) is 57.5 Å². The summed E-state index contributed by atoms with van der Waals surface area (Å²) in [6.45, 7) is 2.09. The molecule has 0 aromatic rings. The highest BCUT2D eigenvalue weighted by Crippen LogP contribution is 2.29. The first-order valence-corrected chi connectivity index (χ1v) is 4.65. The van der Waals surface area contributed by atoms with Crippen LogP contribution in [0, 0.1) is 5.92 Å². The second-order valence-corrected chi connectivity index (χ2v) is 3.87. The van der Waals surface area contributed by atoms with E-state index in [1.165, 1.54) is 0 Å². The van der Waals surface area contributed by atoms with Gasteiger partial charge in [0.05, 0.1) is 5.60 Å². The van der Waals surface area contributed by atoms with Crippen molar-refractivity contribution >= 4 is 5.97 Å². The van der Waals surface area contributed by atoms with E-state index in [-0.39, 0.29) is 6.42 Å². The predicted octanol–water partition coefficient (Wildman–Crippen LogP) is 1.57. The lowest BCUT2D eigenvalue weighted by atomic mass is 9.83. The van der Waals surface area contributed by atoms with Crippen LogP contribution >= 0.6 is 0 Å². The molecule has 0 aliphatic heterocycles. The molecule has 0 heterocycles. The number of carboxylic acid groups (broad SMARTS) is 1. The van der Waals surface area contributed by atoms with Gasteiger partial charge in [-0.2, -0.15) is 0 Å². The molecule has 0 bridgehead atoms. The largest absolute Gasteiger partial charge is 0.481 e. The van der Waals surface area contributed by atoms with Gasteiger partial charge in [-0.05, 0) is 25.2 Å². The fraction of sp³-hybridized carbons (Fsp3) is 0.700. The van der Waals surface area contributed by atoms with E-state index >= 15 is 0 Å². The zero-order valence-electron chi connectivity index (χ0n) is 7.86. The van der Waals surface area contributed by atoms with Crippen LogP contribution in [-0.2, 0) is 4.79 Å². The molecule has 0 amide bonds. The maximum Gasteiger partial charge on any atom is 0.303 e.